The number of β-amino-alcohol motifs (C(OH)–C–C–N with tert-alkyl or cyclic N) is 1. The SMILES string of the molecule is CCn1cc(C(=O)N2CC[C@@]3(CCCO3)[C@@H](O)C2)c2ccccc21. The molecule has 2 saturated heterocycles. The number of aryl methyl sites for hydroxylation is 1. The number of aromatic nitrogens is 1. The number of fused-ring (bicyclic) bond motifs is 1. The zero-order valence-corrected chi connectivity index (χ0v) is 14.1. The van der Waals surface area contributed by atoms with E-state index in [9.17, 15) is 9.90 Å². The summed E-state index contributed by atoms with van der Waals surface area (Å²) in [5, 5.41) is 11.5. The molecule has 1 amide bonds. The maximum absolute atomic E-state index is 13.1. The van der Waals surface area contributed by atoms with Crippen molar-refractivity contribution in [2.75, 3.05) is 19.7 Å². The van der Waals surface area contributed by atoms with Crippen LogP contribution in [-0.2, 0) is 11.3 Å². The van der Waals surface area contributed by atoms with E-state index in [1.165, 1.54) is 0 Å². The minimum atomic E-state index is -0.600. The summed E-state index contributed by atoms with van der Waals surface area (Å²) in [6.07, 6.45) is 3.94. The molecule has 1 N–H and O–H groups in total. The lowest BCUT2D eigenvalue weighted by Gasteiger charge is -2.42. The van der Waals surface area contributed by atoms with Crippen LogP contribution >= 0.6 is 0 Å². The first-order valence-corrected chi connectivity index (χ1v) is 8.84. The summed E-state index contributed by atoms with van der Waals surface area (Å²) in [7, 11) is 0. The predicted molar refractivity (Wildman–Crippen MR) is 92.1 cm³/mol. The molecule has 5 nitrogen and oxygen atoms in total. The average Bonchev–Trinajstić information content (AvgIpc) is 3.22. The second-order valence-electron chi connectivity index (χ2n) is 6.88. The van der Waals surface area contributed by atoms with E-state index >= 15 is 0 Å². The summed E-state index contributed by atoms with van der Waals surface area (Å²) in [5.41, 5.74) is 1.38. The third kappa shape index (κ3) is 2.34. The Morgan fingerprint density at radius 3 is 2.92 bits per heavy atom. The number of carbonyl (C=O) groups excluding carboxylic acids is 1. The molecule has 5 heteroatoms. The number of rotatable bonds is 2. The van der Waals surface area contributed by atoms with E-state index in [0.29, 0.717) is 19.5 Å². The Morgan fingerprint density at radius 2 is 2.21 bits per heavy atom. The van der Waals surface area contributed by atoms with Gasteiger partial charge in [-0.1, -0.05) is 18.2 Å². The molecule has 128 valence electrons. The van der Waals surface area contributed by atoms with Gasteiger partial charge in [0.25, 0.3) is 5.91 Å². The number of ether oxygens (including phenoxy) is 1. The Bertz CT molecular complexity index is 761. The van der Waals surface area contributed by atoms with E-state index in [1.807, 2.05) is 30.5 Å². The number of amides is 1. The second kappa shape index (κ2) is 5.90. The molecule has 2 fully saturated rings. The van der Waals surface area contributed by atoms with E-state index in [4.69, 9.17) is 4.74 Å². The Labute approximate surface area is 141 Å². The molecule has 1 spiro atoms. The van der Waals surface area contributed by atoms with E-state index in [0.717, 1.165) is 42.5 Å². The number of para-hydroxylation sites is 1. The van der Waals surface area contributed by atoms with Gasteiger partial charge in [0, 0.05) is 43.3 Å². The zero-order chi connectivity index (χ0) is 16.7. The van der Waals surface area contributed by atoms with Crippen molar-refractivity contribution in [3.05, 3.63) is 36.0 Å². The topological polar surface area (TPSA) is 54.7 Å². The van der Waals surface area contributed by atoms with Crippen LogP contribution in [0, 0.1) is 0 Å². The molecule has 24 heavy (non-hydrogen) atoms. The fourth-order valence-corrected chi connectivity index (χ4v) is 4.17. The average molecular weight is 328 g/mol. The summed E-state index contributed by atoms with van der Waals surface area (Å²) in [5.74, 6) is 0.00490. The third-order valence-electron chi connectivity index (χ3n) is 5.59. The van der Waals surface area contributed by atoms with E-state index in [1.54, 1.807) is 4.90 Å². The first-order chi connectivity index (χ1) is 11.6. The normalized spacial score (nSPS) is 27.2. The molecule has 0 saturated carbocycles. The maximum atomic E-state index is 13.1. The minimum absolute atomic E-state index is 0.00490. The molecule has 3 heterocycles. The van der Waals surface area contributed by atoms with Crippen LogP contribution in [0.4, 0.5) is 0 Å². The Morgan fingerprint density at radius 1 is 1.38 bits per heavy atom. The van der Waals surface area contributed by atoms with Gasteiger partial charge < -0.3 is 19.3 Å². The molecule has 0 bridgehead atoms. The van der Waals surface area contributed by atoms with Gasteiger partial charge >= 0.3 is 0 Å². The maximum Gasteiger partial charge on any atom is 0.256 e. The van der Waals surface area contributed by atoms with Crippen molar-refractivity contribution in [2.24, 2.45) is 0 Å². The van der Waals surface area contributed by atoms with Crippen LogP contribution in [0.2, 0.25) is 0 Å². The van der Waals surface area contributed by atoms with Gasteiger partial charge in [-0.2, -0.15) is 0 Å². The molecule has 0 unspecified atom stereocenters. The molecule has 0 aliphatic carbocycles. The summed E-state index contributed by atoms with van der Waals surface area (Å²) in [6, 6.07) is 8.00. The molecule has 2 atom stereocenters. The highest BCUT2D eigenvalue weighted by Gasteiger charge is 2.46. The molecule has 2 aliphatic rings. The van der Waals surface area contributed by atoms with Gasteiger partial charge in [-0.15, -0.1) is 0 Å². The highest BCUT2D eigenvalue weighted by molar-refractivity contribution is 6.07. The lowest BCUT2D eigenvalue weighted by Crippen LogP contribution is -2.56. The van der Waals surface area contributed by atoms with Crippen molar-refractivity contribution in [3.63, 3.8) is 0 Å². The molecule has 0 radical (unpaired) electrons. The first kappa shape index (κ1) is 15.7. The lowest BCUT2D eigenvalue weighted by atomic mass is 9.86. The van der Waals surface area contributed by atoms with E-state index in [-0.39, 0.29) is 5.91 Å². The van der Waals surface area contributed by atoms with Crippen LogP contribution in [0.1, 0.15) is 36.5 Å². The number of hydrogen-bond donors (Lipinski definition) is 1. The largest absolute Gasteiger partial charge is 0.388 e. The number of benzene rings is 1. The van der Waals surface area contributed by atoms with Gasteiger partial charge in [-0.05, 0) is 32.3 Å². The summed E-state index contributed by atoms with van der Waals surface area (Å²) in [4.78, 5) is 14.8. The molecule has 2 aromatic rings. The van der Waals surface area contributed by atoms with Gasteiger partial charge in [0.15, 0.2) is 0 Å². The fourth-order valence-electron chi connectivity index (χ4n) is 4.17. The molecule has 1 aromatic heterocycles. The third-order valence-corrected chi connectivity index (χ3v) is 5.59. The van der Waals surface area contributed by atoms with E-state index in [2.05, 4.69) is 11.5 Å². The Kier molecular flexibility index (Phi) is 3.85. The van der Waals surface area contributed by atoms with Crippen LogP contribution in [-0.4, -0.2) is 51.9 Å². The van der Waals surface area contributed by atoms with Crippen molar-refractivity contribution >= 4 is 16.8 Å². The van der Waals surface area contributed by atoms with E-state index < -0.39 is 11.7 Å². The van der Waals surface area contributed by atoms with Gasteiger partial charge in [0.05, 0.1) is 11.2 Å². The van der Waals surface area contributed by atoms with Crippen molar-refractivity contribution in [1.29, 1.82) is 0 Å². The van der Waals surface area contributed by atoms with Crippen molar-refractivity contribution in [3.8, 4) is 0 Å². The quantitative estimate of drug-likeness (QED) is 0.921. The number of nitrogens with zero attached hydrogens (tertiary/aromatic N) is 2. The molecule has 1 aromatic carbocycles. The summed E-state index contributed by atoms with van der Waals surface area (Å²) < 4.78 is 7.93. The smallest absolute Gasteiger partial charge is 0.256 e. The molecule has 4 rings (SSSR count). The Hall–Kier alpha value is -1.85. The van der Waals surface area contributed by atoms with Gasteiger partial charge in [-0.25, -0.2) is 0 Å². The minimum Gasteiger partial charge on any atom is -0.388 e. The fraction of sp³-hybridized carbons (Fsp3) is 0.526. The predicted octanol–water partition coefficient (Wildman–Crippen LogP) is 2.42. The highest BCUT2D eigenvalue weighted by atomic mass is 16.5. The standard InChI is InChI=1S/C19H24N2O3/c1-2-20-12-15(14-6-3-4-7-16(14)20)18(23)21-10-9-19(17(22)13-21)8-5-11-24-19/h3-4,6-7,12,17,22H,2,5,8-11,13H2,1H3/t17-,19-/m0/s1. The van der Waals surface area contributed by atoms with Gasteiger partial charge in [-0.3, -0.25) is 4.79 Å². The summed E-state index contributed by atoms with van der Waals surface area (Å²) >= 11 is 0. The number of aliphatic hydroxyl groups excluding tert-OH is 1. The van der Waals surface area contributed by atoms with Crippen LogP contribution in [0.5, 0.6) is 0 Å². The van der Waals surface area contributed by atoms with Crippen molar-refractivity contribution in [1.82, 2.24) is 9.47 Å². The van der Waals surface area contributed by atoms with Crippen LogP contribution in [0.3, 0.4) is 0 Å². The van der Waals surface area contributed by atoms with Crippen LogP contribution in [0.25, 0.3) is 10.9 Å². The van der Waals surface area contributed by atoms with Crippen LogP contribution in [0.15, 0.2) is 30.5 Å². The number of piperidine rings is 1. The summed E-state index contributed by atoms with van der Waals surface area (Å²) in [6.45, 7) is 4.61. The monoisotopic (exact) mass is 328 g/mol. The number of hydrogen-bond acceptors (Lipinski definition) is 3. The number of aliphatic hydroxyl groups is 1. The van der Waals surface area contributed by atoms with Gasteiger partial charge in [0.1, 0.15) is 6.10 Å². The Balaban J connectivity index is 1.61. The first-order valence-electron chi connectivity index (χ1n) is 8.84. The van der Waals surface area contributed by atoms with Crippen LogP contribution < -0.4 is 0 Å². The zero-order valence-electron chi connectivity index (χ0n) is 14.1. The lowest BCUT2D eigenvalue weighted by molar-refractivity contribution is -0.122. The van der Waals surface area contributed by atoms with Crippen molar-refractivity contribution in [2.45, 2.75) is 44.4 Å². The molecular formula is C19H24N2O3. The van der Waals surface area contributed by atoms with Gasteiger partial charge in [0.2, 0.25) is 0 Å². The highest BCUT2D eigenvalue weighted by Crippen LogP contribution is 2.36. The molecule has 2 aliphatic heterocycles. The van der Waals surface area contributed by atoms with Crippen molar-refractivity contribution < 1.29 is 14.6 Å². The second-order valence-corrected chi connectivity index (χ2v) is 6.88. The molecular weight excluding hydrogens is 304 g/mol. The number of likely N-dealkylation sites (tertiary alicyclic amines) is 1. The number of carbonyl (C=O) groups is 1.